The van der Waals surface area contributed by atoms with E-state index in [1.54, 1.807) is 0 Å². The van der Waals surface area contributed by atoms with E-state index in [4.69, 9.17) is 22.1 Å². The molecule has 18 heavy (non-hydrogen) atoms. The van der Waals surface area contributed by atoms with Gasteiger partial charge in [-0.3, -0.25) is 4.79 Å². The van der Waals surface area contributed by atoms with Crippen molar-refractivity contribution < 1.29 is 13.9 Å². The van der Waals surface area contributed by atoms with Crippen LogP contribution in [0.5, 0.6) is 5.88 Å². The number of aromatic nitrogens is 1. The number of halogens is 2. The van der Waals surface area contributed by atoms with Crippen LogP contribution < -0.4 is 15.8 Å². The van der Waals surface area contributed by atoms with Crippen LogP contribution in [0.25, 0.3) is 0 Å². The molecule has 98 valence electrons. The van der Waals surface area contributed by atoms with Crippen molar-refractivity contribution in [2.45, 2.75) is 18.7 Å². The molecular formula is C11H13ClFN3O2. The van der Waals surface area contributed by atoms with Crippen LogP contribution >= 0.6 is 11.6 Å². The molecule has 0 spiro atoms. The first kappa shape index (κ1) is 13.0. The maximum atomic E-state index is 13.6. The number of pyridine rings is 1. The molecule has 0 saturated carbocycles. The third-order valence-corrected chi connectivity index (χ3v) is 2.91. The van der Waals surface area contributed by atoms with E-state index in [-0.39, 0.29) is 23.1 Å². The van der Waals surface area contributed by atoms with Gasteiger partial charge >= 0.3 is 0 Å². The summed E-state index contributed by atoms with van der Waals surface area (Å²) in [5.74, 6) is -0.692. The largest absolute Gasteiger partial charge is 0.471 e. The van der Waals surface area contributed by atoms with Gasteiger partial charge in [0.2, 0.25) is 5.88 Å². The van der Waals surface area contributed by atoms with Crippen LogP contribution in [0.1, 0.15) is 16.8 Å². The zero-order valence-corrected chi connectivity index (χ0v) is 10.3. The SMILES string of the molecule is NC(=O)c1ccc(Cl)nc1O[C@@H]1CCNC[C@@H]1F. The lowest BCUT2D eigenvalue weighted by Gasteiger charge is -2.27. The fraction of sp³-hybridized carbons (Fsp3) is 0.455. The summed E-state index contributed by atoms with van der Waals surface area (Å²) in [6, 6.07) is 2.85. The topological polar surface area (TPSA) is 77.2 Å². The highest BCUT2D eigenvalue weighted by molar-refractivity contribution is 6.29. The predicted octanol–water partition coefficient (Wildman–Crippen LogP) is 0.913. The lowest BCUT2D eigenvalue weighted by Crippen LogP contribution is -2.44. The fourth-order valence-electron chi connectivity index (χ4n) is 1.77. The van der Waals surface area contributed by atoms with Crippen molar-refractivity contribution in [3.05, 3.63) is 22.8 Å². The summed E-state index contributed by atoms with van der Waals surface area (Å²) in [6.07, 6.45) is -1.30. The van der Waals surface area contributed by atoms with Gasteiger partial charge in [-0.1, -0.05) is 11.6 Å². The normalized spacial score (nSPS) is 23.7. The number of carbonyl (C=O) groups excluding carboxylic acids is 1. The number of primary amides is 1. The van der Waals surface area contributed by atoms with Crippen LogP contribution in [0.2, 0.25) is 5.15 Å². The van der Waals surface area contributed by atoms with Crippen molar-refractivity contribution >= 4 is 17.5 Å². The number of amides is 1. The summed E-state index contributed by atoms with van der Waals surface area (Å²) >= 11 is 5.73. The zero-order chi connectivity index (χ0) is 13.1. The van der Waals surface area contributed by atoms with E-state index in [9.17, 15) is 9.18 Å². The van der Waals surface area contributed by atoms with Gasteiger partial charge in [0.25, 0.3) is 5.91 Å². The highest BCUT2D eigenvalue weighted by atomic mass is 35.5. The Morgan fingerprint density at radius 2 is 2.39 bits per heavy atom. The summed E-state index contributed by atoms with van der Waals surface area (Å²) < 4.78 is 19.0. The summed E-state index contributed by atoms with van der Waals surface area (Å²) in [5, 5.41) is 3.07. The Morgan fingerprint density at radius 1 is 1.61 bits per heavy atom. The molecule has 2 rings (SSSR count). The van der Waals surface area contributed by atoms with Gasteiger partial charge in [-0.2, -0.15) is 0 Å². The van der Waals surface area contributed by atoms with E-state index in [1.165, 1.54) is 12.1 Å². The molecule has 2 heterocycles. The first-order valence-corrected chi connectivity index (χ1v) is 5.93. The van der Waals surface area contributed by atoms with Crippen molar-refractivity contribution in [1.29, 1.82) is 0 Å². The Labute approximate surface area is 108 Å². The van der Waals surface area contributed by atoms with Gasteiger partial charge in [-0.15, -0.1) is 0 Å². The molecule has 1 amide bonds. The average Bonchev–Trinajstić information content (AvgIpc) is 2.32. The second kappa shape index (κ2) is 5.49. The number of carbonyl (C=O) groups is 1. The van der Waals surface area contributed by atoms with E-state index in [0.717, 1.165) is 0 Å². The minimum absolute atomic E-state index is 0.00968. The summed E-state index contributed by atoms with van der Waals surface area (Å²) in [6.45, 7) is 0.870. The second-order valence-corrected chi connectivity index (χ2v) is 4.40. The first-order chi connectivity index (χ1) is 8.58. The van der Waals surface area contributed by atoms with Crippen LogP contribution in [-0.4, -0.2) is 36.3 Å². The molecule has 0 radical (unpaired) electrons. The number of nitrogens with one attached hydrogen (secondary N) is 1. The molecule has 1 aromatic rings. The standard InChI is InChI=1S/C11H13ClFN3O2/c12-9-2-1-6(10(14)17)11(16-9)18-8-3-4-15-5-7(8)13/h1-2,7-8,15H,3-5H2,(H2,14,17)/t7-,8+/m0/s1. The Kier molecular flexibility index (Phi) is 3.98. The molecular weight excluding hydrogens is 261 g/mol. The van der Waals surface area contributed by atoms with Gasteiger partial charge in [0.05, 0.1) is 0 Å². The van der Waals surface area contributed by atoms with Crippen LogP contribution in [0.15, 0.2) is 12.1 Å². The molecule has 1 aliphatic rings. The van der Waals surface area contributed by atoms with Crippen LogP contribution in [-0.2, 0) is 0 Å². The fourth-order valence-corrected chi connectivity index (χ4v) is 1.91. The number of rotatable bonds is 3. The van der Waals surface area contributed by atoms with Gasteiger partial charge in [0.1, 0.15) is 23.0 Å². The first-order valence-electron chi connectivity index (χ1n) is 5.55. The average molecular weight is 274 g/mol. The number of alkyl halides is 1. The third kappa shape index (κ3) is 2.88. The van der Waals surface area contributed by atoms with Gasteiger partial charge in [-0.25, -0.2) is 9.37 Å². The van der Waals surface area contributed by atoms with Crippen molar-refractivity contribution in [1.82, 2.24) is 10.3 Å². The van der Waals surface area contributed by atoms with Crippen molar-refractivity contribution in [3.63, 3.8) is 0 Å². The van der Waals surface area contributed by atoms with E-state index >= 15 is 0 Å². The number of nitrogens with two attached hydrogens (primary N) is 1. The van der Waals surface area contributed by atoms with Crippen LogP contribution in [0, 0.1) is 0 Å². The van der Waals surface area contributed by atoms with Gasteiger partial charge in [-0.05, 0) is 25.1 Å². The number of ether oxygens (including phenoxy) is 1. The molecule has 3 N–H and O–H groups in total. The number of hydrogen-bond acceptors (Lipinski definition) is 4. The lowest BCUT2D eigenvalue weighted by atomic mass is 10.1. The Bertz CT molecular complexity index is 458. The molecule has 0 aromatic carbocycles. The van der Waals surface area contributed by atoms with Crippen molar-refractivity contribution in [2.75, 3.05) is 13.1 Å². The van der Waals surface area contributed by atoms with Crippen molar-refractivity contribution in [2.24, 2.45) is 5.73 Å². The number of hydrogen-bond donors (Lipinski definition) is 2. The minimum atomic E-state index is -1.15. The predicted molar refractivity (Wildman–Crippen MR) is 64.6 cm³/mol. The summed E-state index contributed by atoms with van der Waals surface area (Å²) in [7, 11) is 0. The minimum Gasteiger partial charge on any atom is -0.471 e. The van der Waals surface area contributed by atoms with Crippen molar-refractivity contribution in [3.8, 4) is 5.88 Å². The zero-order valence-electron chi connectivity index (χ0n) is 9.53. The Balaban J connectivity index is 2.21. The van der Waals surface area contributed by atoms with E-state index in [1.807, 2.05) is 0 Å². The quantitative estimate of drug-likeness (QED) is 0.803. The Hall–Kier alpha value is -1.40. The Morgan fingerprint density at radius 3 is 3.06 bits per heavy atom. The number of nitrogens with zero attached hydrogens (tertiary/aromatic N) is 1. The van der Waals surface area contributed by atoms with Gasteiger partial charge in [0, 0.05) is 6.54 Å². The maximum absolute atomic E-state index is 13.6. The highest BCUT2D eigenvalue weighted by Gasteiger charge is 2.28. The van der Waals surface area contributed by atoms with Crippen LogP contribution in [0.4, 0.5) is 4.39 Å². The monoisotopic (exact) mass is 273 g/mol. The van der Waals surface area contributed by atoms with E-state index in [2.05, 4.69) is 10.3 Å². The molecule has 1 aliphatic heterocycles. The molecule has 0 bridgehead atoms. The number of piperidine rings is 1. The van der Waals surface area contributed by atoms with E-state index < -0.39 is 18.2 Å². The summed E-state index contributed by atoms with van der Waals surface area (Å²) in [4.78, 5) is 15.1. The highest BCUT2D eigenvalue weighted by Crippen LogP contribution is 2.22. The molecule has 1 aromatic heterocycles. The lowest BCUT2D eigenvalue weighted by molar-refractivity contribution is 0.0676. The molecule has 1 fully saturated rings. The van der Waals surface area contributed by atoms with Crippen LogP contribution in [0.3, 0.4) is 0 Å². The smallest absolute Gasteiger partial charge is 0.254 e. The molecule has 5 nitrogen and oxygen atoms in total. The van der Waals surface area contributed by atoms with Gasteiger partial charge < -0.3 is 15.8 Å². The molecule has 2 atom stereocenters. The molecule has 0 unspecified atom stereocenters. The van der Waals surface area contributed by atoms with Gasteiger partial charge in [0.15, 0.2) is 0 Å². The molecule has 7 heteroatoms. The van der Waals surface area contributed by atoms with E-state index in [0.29, 0.717) is 13.0 Å². The second-order valence-electron chi connectivity index (χ2n) is 4.02. The third-order valence-electron chi connectivity index (χ3n) is 2.70. The summed E-state index contributed by atoms with van der Waals surface area (Å²) in [5.41, 5.74) is 5.30. The molecule has 0 aliphatic carbocycles. The maximum Gasteiger partial charge on any atom is 0.254 e. The molecule has 1 saturated heterocycles.